The molecule has 2 amide bonds. The molecular weight excluding hydrogens is 292 g/mol. The van der Waals surface area contributed by atoms with Crippen molar-refractivity contribution in [1.29, 1.82) is 0 Å². The van der Waals surface area contributed by atoms with Crippen LogP contribution in [0.5, 0.6) is 0 Å². The van der Waals surface area contributed by atoms with Crippen molar-refractivity contribution in [1.82, 2.24) is 15.4 Å². The first-order valence-corrected chi connectivity index (χ1v) is 7.85. The van der Waals surface area contributed by atoms with Crippen molar-refractivity contribution in [3.8, 4) is 0 Å². The van der Waals surface area contributed by atoms with Gasteiger partial charge < -0.3 is 5.32 Å². The van der Waals surface area contributed by atoms with Crippen LogP contribution in [0.15, 0.2) is 36.4 Å². The fourth-order valence-electron chi connectivity index (χ4n) is 2.57. The second-order valence-corrected chi connectivity index (χ2v) is 5.77. The molecule has 1 fully saturated rings. The Morgan fingerprint density at radius 2 is 1.83 bits per heavy atom. The van der Waals surface area contributed by atoms with Gasteiger partial charge in [-0.05, 0) is 38.0 Å². The molecule has 23 heavy (non-hydrogen) atoms. The summed E-state index contributed by atoms with van der Waals surface area (Å²) in [6.07, 6.45) is 2.14. The minimum atomic E-state index is -0.774. The number of rotatable bonds is 4. The first-order valence-electron chi connectivity index (χ1n) is 7.85. The lowest BCUT2D eigenvalue weighted by molar-refractivity contribution is -0.134. The first-order chi connectivity index (χ1) is 11.1. The Bertz CT molecular complexity index is 725. The molecule has 6 heteroatoms. The van der Waals surface area contributed by atoms with Gasteiger partial charge in [0.1, 0.15) is 11.7 Å². The lowest BCUT2D eigenvalue weighted by Gasteiger charge is -2.19. The molecule has 0 aliphatic carbocycles. The zero-order chi connectivity index (χ0) is 16.2. The van der Waals surface area contributed by atoms with Crippen LogP contribution < -0.4 is 10.7 Å². The molecule has 6 nitrogen and oxygen atoms in total. The van der Waals surface area contributed by atoms with Crippen molar-refractivity contribution >= 4 is 28.5 Å². The Labute approximate surface area is 134 Å². The molecule has 1 aromatic heterocycles. The molecular formula is C17H20N4O2. The van der Waals surface area contributed by atoms with E-state index >= 15 is 0 Å². The molecule has 1 atom stereocenters. The van der Waals surface area contributed by atoms with Gasteiger partial charge in [-0.3, -0.25) is 15.0 Å². The smallest absolute Gasteiger partial charge is 0.246 e. The van der Waals surface area contributed by atoms with Gasteiger partial charge in [-0.25, -0.2) is 9.99 Å². The average Bonchev–Trinajstić information content (AvgIpc) is 3.07. The largest absolute Gasteiger partial charge is 0.310 e. The highest BCUT2D eigenvalue weighted by Gasteiger charge is 2.24. The molecule has 2 heterocycles. The summed E-state index contributed by atoms with van der Waals surface area (Å²) in [6, 6.07) is 11.3. The molecule has 0 spiro atoms. The molecule has 2 aromatic rings. The predicted molar refractivity (Wildman–Crippen MR) is 88.5 cm³/mol. The lowest BCUT2D eigenvalue weighted by Crippen LogP contribution is -2.45. The Balaban J connectivity index is 1.63. The third kappa shape index (κ3) is 3.65. The van der Waals surface area contributed by atoms with Gasteiger partial charge in [-0.1, -0.05) is 18.2 Å². The number of anilines is 1. The zero-order valence-electron chi connectivity index (χ0n) is 13.1. The standard InChI is InChI=1S/C17H20N4O2/c1-12(17(23)20-21-10-4-5-11-21)16(22)19-15-9-8-13-6-2-3-7-14(13)18-15/h2-3,6-9,12H,4-5,10-11H2,1H3,(H,20,23)(H,18,19,22). The summed E-state index contributed by atoms with van der Waals surface area (Å²) in [7, 11) is 0. The van der Waals surface area contributed by atoms with E-state index in [9.17, 15) is 9.59 Å². The van der Waals surface area contributed by atoms with Crippen molar-refractivity contribution in [2.75, 3.05) is 18.4 Å². The SMILES string of the molecule is CC(C(=O)Nc1ccc2ccccc2n1)C(=O)NN1CCCC1. The molecule has 1 saturated heterocycles. The maximum absolute atomic E-state index is 12.2. The van der Waals surface area contributed by atoms with Crippen LogP contribution in [0.3, 0.4) is 0 Å². The van der Waals surface area contributed by atoms with E-state index in [-0.39, 0.29) is 11.8 Å². The number of aromatic nitrogens is 1. The van der Waals surface area contributed by atoms with E-state index in [4.69, 9.17) is 0 Å². The maximum Gasteiger partial charge on any atom is 0.246 e. The van der Waals surface area contributed by atoms with Crippen LogP contribution >= 0.6 is 0 Å². The number of hydrazine groups is 1. The van der Waals surface area contributed by atoms with E-state index in [1.54, 1.807) is 13.0 Å². The van der Waals surface area contributed by atoms with Gasteiger partial charge in [0.05, 0.1) is 5.52 Å². The number of hydrogen-bond donors (Lipinski definition) is 2. The van der Waals surface area contributed by atoms with Gasteiger partial charge >= 0.3 is 0 Å². The highest BCUT2D eigenvalue weighted by molar-refractivity contribution is 6.05. The van der Waals surface area contributed by atoms with Crippen LogP contribution in [0.2, 0.25) is 0 Å². The number of carbonyl (C=O) groups is 2. The predicted octanol–water partition coefficient (Wildman–Crippen LogP) is 1.94. The quantitative estimate of drug-likeness (QED) is 0.846. The normalized spacial score (nSPS) is 16.2. The van der Waals surface area contributed by atoms with Crippen LogP contribution in [0.25, 0.3) is 10.9 Å². The van der Waals surface area contributed by atoms with Crippen molar-refractivity contribution in [3.05, 3.63) is 36.4 Å². The summed E-state index contributed by atoms with van der Waals surface area (Å²) < 4.78 is 0. The second-order valence-electron chi connectivity index (χ2n) is 5.77. The molecule has 1 aliphatic heterocycles. The average molecular weight is 312 g/mol. The fraction of sp³-hybridized carbons (Fsp3) is 0.353. The van der Waals surface area contributed by atoms with Gasteiger partial charge in [0.2, 0.25) is 11.8 Å². The monoisotopic (exact) mass is 312 g/mol. The van der Waals surface area contributed by atoms with Crippen LogP contribution in [-0.4, -0.2) is 34.9 Å². The van der Waals surface area contributed by atoms with E-state index < -0.39 is 5.92 Å². The molecule has 0 radical (unpaired) electrons. The summed E-state index contributed by atoms with van der Waals surface area (Å²) in [4.78, 5) is 28.7. The number of hydrogen-bond acceptors (Lipinski definition) is 4. The molecule has 120 valence electrons. The summed E-state index contributed by atoms with van der Waals surface area (Å²) in [6.45, 7) is 3.28. The van der Waals surface area contributed by atoms with Gasteiger partial charge in [0.15, 0.2) is 0 Å². The van der Waals surface area contributed by atoms with Crippen LogP contribution in [0.1, 0.15) is 19.8 Å². The van der Waals surface area contributed by atoms with E-state index in [0.29, 0.717) is 5.82 Å². The molecule has 1 unspecified atom stereocenters. The fourth-order valence-corrected chi connectivity index (χ4v) is 2.57. The van der Waals surface area contributed by atoms with Crippen molar-refractivity contribution in [2.24, 2.45) is 5.92 Å². The molecule has 2 N–H and O–H groups in total. The third-order valence-electron chi connectivity index (χ3n) is 4.01. The molecule has 1 aromatic carbocycles. The topological polar surface area (TPSA) is 74.3 Å². The number of para-hydroxylation sites is 1. The van der Waals surface area contributed by atoms with Crippen LogP contribution in [0, 0.1) is 5.92 Å². The number of carbonyl (C=O) groups excluding carboxylic acids is 2. The second kappa shape index (κ2) is 6.75. The van der Waals surface area contributed by atoms with Gasteiger partial charge in [-0.15, -0.1) is 0 Å². The summed E-state index contributed by atoms with van der Waals surface area (Å²) >= 11 is 0. The Kier molecular flexibility index (Phi) is 4.52. The number of fused-ring (bicyclic) bond motifs is 1. The Morgan fingerprint density at radius 1 is 1.09 bits per heavy atom. The van der Waals surface area contributed by atoms with Gasteiger partial charge in [0.25, 0.3) is 0 Å². The molecule has 1 aliphatic rings. The summed E-state index contributed by atoms with van der Waals surface area (Å²) in [5.74, 6) is -0.965. The summed E-state index contributed by atoms with van der Waals surface area (Å²) in [5.41, 5.74) is 3.59. The number of benzene rings is 1. The minimum Gasteiger partial charge on any atom is -0.310 e. The Hall–Kier alpha value is -2.47. The summed E-state index contributed by atoms with van der Waals surface area (Å²) in [5, 5.41) is 5.58. The highest BCUT2D eigenvalue weighted by Crippen LogP contribution is 2.15. The van der Waals surface area contributed by atoms with Crippen LogP contribution in [-0.2, 0) is 9.59 Å². The Morgan fingerprint density at radius 3 is 2.61 bits per heavy atom. The first kappa shape index (κ1) is 15.4. The molecule has 3 rings (SSSR count). The van der Waals surface area contributed by atoms with Crippen molar-refractivity contribution in [3.63, 3.8) is 0 Å². The van der Waals surface area contributed by atoms with Crippen molar-refractivity contribution in [2.45, 2.75) is 19.8 Å². The third-order valence-corrected chi connectivity index (χ3v) is 4.01. The number of amides is 2. The van der Waals surface area contributed by atoms with E-state index in [2.05, 4.69) is 15.7 Å². The number of nitrogens with one attached hydrogen (secondary N) is 2. The highest BCUT2D eigenvalue weighted by atomic mass is 16.2. The van der Waals surface area contributed by atoms with E-state index in [1.807, 2.05) is 35.3 Å². The van der Waals surface area contributed by atoms with E-state index in [0.717, 1.165) is 36.8 Å². The van der Waals surface area contributed by atoms with E-state index in [1.165, 1.54) is 0 Å². The minimum absolute atomic E-state index is 0.287. The van der Waals surface area contributed by atoms with Crippen molar-refractivity contribution < 1.29 is 9.59 Å². The lowest BCUT2D eigenvalue weighted by atomic mass is 10.1. The molecule has 0 saturated carbocycles. The maximum atomic E-state index is 12.2. The van der Waals surface area contributed by atoms with Crippen LogP contribution in [0.4, 0.5) is 5.82 Å². The zero-order valence-corrected chi connectivity index (χ0v) is 13.1. The molecule has 0 bridgehead atoms. The van der Waals surface area contributed by atoms with Gasteiger partial charge in [-0.2, -0.15) is 0 Å². The number of nitrogens with zero attached hydrogens (tertiary/aromatic N) is 2. The van der Waals surface area contributed by atoms with Gasteiger partial charge in [0, 0.05) is 18.5 Å². The number of pyridine rings is 1.